The van der Waals surface area contributed by atoms with Gasteiger partial charge in [0.1, 0.15) is 4.47 Å². The standard InChI is InChI=1S/C12H13BrN4O/c1-17(2)8-5-3-7(4-6-8)10-9(13)11(18)16-12(14)15-10/h3-6H,1-2H3,(H3,14,15,16,18). The third kappa shape index (κ3) is 2.38. The monoisotopic (exact) mass is 308 g/mol. The minimum atomic E-state index is -0.283. The number of aromatic nitrogens is 2. The summed E-state index contributed by atoms with van der Waals surface area (Å²) >= 11 is 3.23. The molecule has 0 saturated heterocycles. The van der Waals surface area contributed by atoms with Crippen molar-refractivity contribution in [2.75, 3.05) is 24.7 Å². The zero-order chi connectivity index (χ0) is 13.3. The maximum atomic E-state index is 11.6. The zero-order valence-corrected chi connectivity index (χ0v) is 11.7. The van der Waals surface area contributed by atoms with Gasteiger partial charge >= 0.3 is 0 Å². The van der Waals surface area contributed by atoms with Crippen molar-refractivity contribution < 1.29 is 0 Å². The van der Waals surface area contributed by atoms with Gasteiger partial charge < -0.3 is 10.6 Å². The number of rotatable bonds is 2. The van der Waals surface area contributed by atoms with Crippen molar-refractivity contribution in [1.29, 1.82) is 0 Å². The fourth-order valence-electron chi connectivity index (χ4n) is 1.58. The van der Waals surface area contributed by atoms with Crippen LogP contribution in [-0.4, -0.2) is 24.1 Å². The normalized spacial score (nSPS) is 10.4. The predicted octanol–water partition coefficient (Wildman–Crippen LogP) is 1.85. The van der Waals surface area contributed by atoms with Crippen molar-refractivity contribution in [2.24, 2.45) is 0 Å². The number of nitrogens with one attached hydrogen (secondary N) is 1. The molecule has 0 unspecified atom stereocenters. The molecule has 0 aliphatic rings. The summed E-state index contributed by atoms with van der Waals surface area (Å²) in [6.07, 6.45) is 0. The summed E-state index contributed by atoms with van der Waals surface area (Å²) in [6, 6.07) is 7.73. The third-order valence-electron chi connectivity index (χ3n) is 2.54. The number of benzene rings is 1. The van der Waals surface area contributed by atoms with Gasteiger partial charge in [-0.25, -0.2) is 4.98 Å². The molecule has 0 aliphatic carbocycles. The minimum absolute atomic E-state index is 0.106. The predicted molar refractivity (Wildman–Crippen MR) is 76.7 cm³/mol. The molecule has 0 radical (unpaired) electrons. The topological polar surface area (TPSA) is 75.0 Å². The van der Waals surface area contributed by atoms with Gasteiger partial charge in [0.25, 0.3) is 5.56 Å². The quantitative estimate of drug-likeness (QED) is 0.888. The van der Waals surface area contributed by atoms with Crippen LogP contribution in [-0.2, 0) is 0 Å². The van der Waals surface area contributed by atoms with Crippen molar-refractivity contribution in [3.05, 3.63) is 39.1 Å². The molecule has 1 aromatic carbocycles. The maximum absolute atomic E-state index is 11.6. The molecule has 2 rings (SSSR count). The number of hydrogen-bond donors (Lipinski definition) is 2. The first-order valence-electron chi connectivity index (χ1n) is 5.32. The van der Waals surface area contributed by atoms with E-state index in [1.807, 2.05) is 43.3 Å². The Morgan fingerprint density at radius 3 is 2.44 bits per heavy atom. The molecule has 0 bridgehead atoms. The summed E-state index contributed by atoms with van der Waals surface area (Å²) in [4.78, 5) is 20.2. The smallest absolute Gasteiger partial charge is 0.267 e. The van der Waals surface area contributed by atoms with E-state index in [0.717, 1.165) is 11.3 Å². The summed E-state index contributed by atoms with van der Waals surface area (Å²) in [7, 11) is 3.93. The summed E-state index contributed by atoms with van der Waals surface area (Å²) < 4.78 is 0.384. The van der Waals surface area contributed by atoms with Crippen LogP contribution in [0.25, 0.3) is 11.3 Å². The number of halogens is 1. The molecule has 94 valence electrons. The van der Waals surface area contributed by atoms with E-state index in [2.05, 4.69) is 25.9 Å². The highest BCUT2D eigenvalue weighted by atomic mass is 79.9. The molecule has 0 atom stereocenters. The SMILES string of the molecule is CN(C)c1ccc(-c2nc(N)[nH]c(=O)c2Br)cc1. The fraction of sp³-hybridized carbons (Fsp3) is 0.167. The Balaban J connectivity index is 2.52. The second-order valence-corrected chi connectivity index (χ2v) is 4.85. The molecule has 0 amide bonds. The number of nitrogen functional groups attached to an aromatic ring is 1. The summed E-state index contributed by atoms with van der Waals surface area (Å²) in [5.41, 5.74) is 7.72. The van der Waals surface area contributed by atoms with Crippen LogP contribution in [0.2, 0.25) is 0 Å². The van der Waals surface area contributed by atoms with Crippen LogP contribution in [0.4, 0.5) is 11.6 Å². The molecule has 18 heavy (non-hydrogen) atoms. The molecule has 3 N–H and O–H groups in total. The van der Waals surface area contributed by atoms with Gasteiger partial charge in [-0.3, -0.25) is 9.78 Å². The second kappa shape index (κ2) is 4.81. The van der Waals surface area contributed by atoms with Gasteiger partial charge in [0.05, 0.1) is 5.69 Å². The molecule has 2 aromatic rings. The van der Waals surface area contributed by atoms with Crippen molar-refractivity contribution in [3.63, 3.8) is 0 Å². The van der Waals surface area contributed by atoms with Crippen LogP contribution in [0, 0.1) is 0 Å². The molecular weight excluding hydrogens is 296 g/mol. The molecule has 0 aliphatic heterocycles. The zero-order valence-electron chi connectivity index (χ0n) is 10.1. The van der Waals surface area contributed by atoms with Gasteiger partial charge in [-0.1, -0.05) is 12.1 Å². The highest BCUT2D eigenvalue weighted by molar-refractivity contribution is 9.10. The Bertz CT molecular complexity index is 619. The van der Waals surface area contributed by atoms with Crippen molar-refractivity contribution >= 4 is 27.6 Å². The second-order valence-electron chi connectivity index (χ2n) is 4.06. The van der Waals surface area contributed by atoms with Gasteiger partial charge in [0.2, 0.25) is 5.95 Å². The first kappa shape index (κ1) is 12.6. The number of H-pyrrole nitrogens is 1. The summed E-state index contributed by atoms with van der Waals surface area (Å²) in [5, 5.41) is 0. The van der Waals surface area contributed by atoms with Gasteiger partial charge in [0, 0.05) is 25.3 Å². The van der Waals surface area contributed by atoms with Crippen molar-refractivity contribution in [3.8, 4) is 11.3 Å². The van der Waals surface area contributed by atoms with E-state index in [9.17, 15) is 4.79 Å². The number of nitrogens with zero attached hydrogens (tertiary/aromatic N) is 2. The van der Waals surface area contributed by atoms with E-state index >= 15 is 0 Å². The highest BCUT2D eigenvalue weighted by Crippen LogP contribution is 2.25. The van der Waals surface area contributed by atoms with Crippen LogP contribution < -0.4 is 16.2 Å². The molecule has 6 heteroatoms. The van der Waals surface area contributed by atoms with Gasteiger partial charge in [0.15, 0.2) is 0 Å². The van der Waals surface area contributed by atoms with E-state index in [1.165, 1.54) is 0 Å². The van der Waals surface area contributed by atoms with E-state index in [-0.39, 0.29) is 11.5 Å². The lowest BCUT2D eigenvalue weighted by atomic mass is 10.1. The van der Waals surface area contributed by atoms with Crippen LogP contribution in [0.1, 0.15) is 0 Å². The van der Waals surface area contributed by atoms with Crippen LogP contribution in [0.5, 0.6) is 0 Å². The average molecular weight is 309 g/mol. The molecular formula is C12H13BrN4O. The highest BCUT2D eigenvalue weighted by Gasteiger charge is 2.10. The van der Waals surface area contributed by atoms with Crippen molar-refractivity contribution in [2.45, 2.75) is 0 Å². The Morgan fingerprint density at radius 2 is 1.89 bits per heavy atom. The lowest BCUT2D eigenvalue weighted by Crippen LogP contribution is -2.13. The summed E-state index contributed by atoms with van der Waals surface area (Å²) in [5.74, 6) is 0.106. The van der Waals surface area contributed by atoms with Crippen LogP contribution >= 0.6 is 15.9 Å². The summed E-state index contributed by atoms with van der Waals surface area (Å²) in [6.45, 7) is 0. The van der Waals surface area contributed by atoms with Crippen LogP contribution in [0.3, 0.4) is 0 Å². The molecule has 1 heterocycles. The first-order valence-corrected chi connectivity index (χ1v) is 6.11. The fourth-order valence-corrected chi connectivity index (χ4v) is 2.00. The third-order valence-corrected chi connectivity index (χ3v) is 3.27. The Morgan fingerprint density at radius 1 is 1.28 bits per heavy atom. The number of anilines is 2. The lowest BCUT2D eigenvalue weighted by molar-refractivity contribution is 1.12. The largest absolute Gasteiger partial charge is 0.378 e. The lowest BCUT2D eigenvalue weighted by Gasteiger charge is -2.12. The van der Waals surface area contributed by atoms with Crippen LogP contribution in [0.15, 0.2) is 33.5 Å². The Kier molecular flexibility index (Phi) is 3.38. The Labute approximate surface area is 113 Å². The van der Waals surface area contributed by atoms with Gasteiger partial charge in [-0.05, 0) is 28.1 Å². The maximum Gasteiger partial charge on any atom is 0.267 e. The number of aromatic amines is 1. The van der Waals surface area contributed by atoms with E-state index < -0.39 is 0 Å². The first-order chi connectivity index (χ1) is 8.49. The molecule has 0 spiro atoms. The van der Waals surface area contributed by atoms with Gasteiger partial charge in [-0.15, -0.1) is 0 Å². The van der Waals surface area contributed by atoms with Gasteiger partial charge in [-0.2, -0.15) is 0 Å². The molecule has 5 nitrogen and oxygen atoms in total. The molecule has 0 saturated carbocycles. The minimum Gasteiger partial charge on any atom is -0.378 e. The molecule has 0 fully saturated rings. The average Bonchev–Trinajstić information content (AvgIpc) is 2.34. The van der Waals surface area contributed by atoms with E-state index in [0.29, 0.717) is 10.2 Å². The van der Waals surface area contributed by atoms with Crippen molar-refractivity contribution in [1.82, 2.24) is 9.97 Å². The molecule has 1 aromatic heterocycles. The Hall–Kier alpha value is -1.82. The van der Waals surface area contributed by atoms with E-state index in [4.69, 9.17) is 5.73 Å². The van der Waals surface area contributed by atoms with E-state index in [1.54, 1.807) is 0 Å². The number of nitrogens with two attached hydrogens (primary N) is 1. The number of hydrogen-bond acceptors (Lipinski definition) is 4.